The Labute approximate surface area is 104 Å². The minimum absolute atomic E-state index is 0.0739. The molecule has 1 aliphatic rings. The van der Waals surface area contributed by atoms with Crippen LogP contribution in [0.1, 0.15) is 13.3 Å². The second-order valence-corrected chi connectivity index (χ2v) is 4.01. The molecule has 0 spiro atoms. The number of nitrogens with zero attached hydrogens (tertiary/aromatic N) is 1. The van der Waals surface area contributed by atoms with Crippen molar-refractivity contribution in [2.75, 3.05) is 19.7 Å². The lowest BCUT2D eigenvalue weighted by Crippen LogP contribution is -2.60. The molecular weight excluding hydrogens is 242 g/mol. The fraction of sp³-hybridized carbons (Fsp3) is 0.700. The summed E-state index contributed by atoms with van der Waals surface area (Å²) in [7, 11) is 0. The standard InChI is InChI=1S/C10H17N3O5/c1-6-8(15)11-3-4-13(6)10(18)12-7(2-5-14)9(16)17/h6-7,14H,2-5H2,1H3,(H,11,15)(H,12,18)(H,16,17)/t6?,7-/m1/s1. The maximum absolute atomic E-state index is 11.8. The van der Waals surface area contributed by atoms with Crippen LogP contribution in [0.4, 0.5) is 4.79 Å². The zero-order valence-electron chi connectivity index (χ0n) is 10.0. The van der Waals surface area contributed by atoms with Gasteiger partial charge in [0.15, 0.2) is 0 Å². The highest BCUT2D eigenvalue weighted by atomic mass is 16.4. The van der Waals surface area contributed by atoms with Gasteiger partial charge in [-0.3, -0.25) is 4.79 Å². The summed E-state index contributed by atoms with van der Waals surface area (Å²) < 4.78 is 0. The smallest absolute Gasteiger partial charge is 0.326 e. The Morgan fingerprint density at radius 3 is 2.83 bits per heavy atom. The number of carboxylic acids is 1. The lowest BCUT2D eigenvalue weighted by Gasteiger charge is -2.33. The van der Waals surface area contributed by atoms with Crippen LogP contribution in [0.2, 0.25) is 0 Å². The molecule has 1 unspecified atom stereocenters. The molecule has 1 saturated heterocycles. The Balaban J connectivity index is 2.63. The van der Waals surface area contributed by atoms with Crippen molar-refractivity contribution in [3.05, 3.63) is 0 Å². The summed E-state index contributed by atoms with van der Waals surface area (Å²) in [5, 5.41) is 22.4. The summed E-state index contributed by atoms with van der Waals surface area (Å²) in [4.78, 5) is 35.3. The van der Waals surface area contributed by atoms with E-state index < -0.39 is 24.1 Å². The molecule has 0 aromatic rings. The first kappa shape index (κ1) is 14.2. The number of piperazine rings is 1. The van der Waals surface area contributed by atoms with Gasteiger partial charge in [-0.15, -0.1) is 0 Å². The van der Waals surface area contributed by atoms with Crippen molar-refractivity contribution in [2.45, 2.75) is 25.4 Å². The Hall–Kier alpha value is -1.83. The van der Waals surface area contributed by atoms with Crippen LogP contribution in [0.15, 0.2) is 0 Å². The van der Waals surface area contributed by atoms with Crippen molar-refractivity contribution >= 4 is 17.9 Å². The van der Waals surface area contributed by atoms with Gasteiger partial charge in [0, 0.05) is 26.1 Å². The molecule has 0 aromatic carbocycles. The topological polar surface area (TPSA) is 119 Å². The lowest BCUT2D eigenvalue weighted by atomic mass is 10.2. The number of rotatable bonds is 4. The first-order valence-electron chi connectivity index (χ1n) is 5.66. The summed E-state index contributed by atoms with van der Waals surface area (Å²) in [6.45, 7) is 1.89. The van der Waals surface area contributed by atoms with E-state index in [4.69, 9.17) is 10.2 Å². The molecule has 3 amide bonds. The van der Waals surface area contributed by atoms with Gasteiger partial charge in [-0.05, 0) is 6.92 Å². The number of hydrogen-bond acceptors (Lipinski definition) is 4. The molecule has 0 saturated carbocycles. The quantitative estimate of drug-likeness (QED) is 0.482. The SMILES string of the molecule is CC1C(=O)NCCN1C(=O)N[C@H](CCO)C(=O)O. The highest BCUT2D eigenvalue weighted by Gasteiger charge is 2.31. The van der Waals surface area contributed by atoms with Crippen LogP contribution in [-0.4, -0.2) is 64.8 Å². The van der Waals surface area contributed by atoms with Crippen molar-refractivity contribution in [1.82, 2.24) is 15.5 Å². The first-order chi connectivity index (χ1) is 8.47. The van der Waals surface area contributed by atoms with Gasteiger partial charge >= 0.3 is 12.0 Å². The number of aliphatic hydroxyl groups excluding tert-OH is 1. The summed E-state index contributed by atoms with van der Waals surface area (Å²) in [6.07, 6.45) is -0.0739. The van der Waals surface area contributed by atoms with Gasteiger partial charge in [0.1, 0.15) is 12.1 Å². The molecule has 102 valence electrons. The molecule has 1 heterocycles. The Kier molecular flexibility index (Phi) is 4.90. The molecule has 1 aliphatic heterocycles. The number of carboxylic acid groups (broad SMARTS) is 1. The molecule has 8 heteroatoms. The third-order valence-corrected chi connectivity index (χ3v) is 2.77. The van der Waals surface area contributed by atoms with Crippen LogP contribution >= 0.6 is 0 Å². The van der Waals surface area contributed by atoms with Gasteiger partial charge in [-0.2, -0.15) is 0 Å². The summed E-state index contributed by atoms with van der Waals surface area (Å²) >= 11 is 0. The number of aliphatic hydroxyl groups is 1. The minimum Gasteiger partial charge on any atom is -0.480 e. The van der Waals surface area contributed by atoms with Gasteiger partial charge in [0.25, 0.3) is 0 Å². The predicted octanol–water partition coefficient (Wildman–Crippen LogP) is -1.65. The largest absolute Gasteiger partial charge is 0.480 e. The minimum atomic E-state index is -1.22. The fourth-order valence-electron chi connectivity index (χ4n) is 1.68. The molecule has 1 fully saturated rings. The maximum atomic E-state index is 11.8. The van der Waals surface area contributed by atoms with Crippen LogP contribution in [0.5, 0.6) is 0 Å². The Morgan fingerprint density at radius 1 is 1.61 bits per heavy atom. The Morgan fingerprint density at radius 2 is 2.28 bits per heavy atom. The van der Waals surface area contributed by atoms with E-state index in [2.05, 4.69) is 10.6 Å². The van der Waals surface area contributed by atoms with E-state index >= 15 is 0 Å². The van der Waals surface area contributed by atoms with Crippen LogP contribution < -0.4 is 10.6 Å². The van der Waals surface area contributed by atoms with Gasteiger partial charge in [-0.25, -0.2) is 9.59 Å². The molecule has 4 N–H and O–H groups in total. The number of aliphatic carboxylic acids is 1. The number of urea groups is 1. The highest BCUT2D eigenvalue weighted by Crippen LogP contribution is 2.05. The van der Waals surface area contributed by atoms with E-state index in [0.29, 0.717) is 13.1 Å². The average Bonchev–Trinajstić information content (AvgIpc) is 2.31. The molecule has 0 bridgehead atoms. The van der Waals surface area contributed by atoms with Gasteiger partial charge in [0.05, 0.1) is 0 Å². The molecule has 0 radical (unpaired) electrons. The second-order valence-electron chi connectivity index (χ2n) is 4.01. The monoisotopic (exact) mass is 259 g/mol. The van der Waals surface area contributed by atoms with E-state index in [1.807, 2.05) is 0 Å². The van der Waals surface area contributed by atoms with Crippen LogP contribution in [-0.2, 0) is 9.59 Å². The van der Waals surface area contributed by atoms with Crippen LogP contribution in [0.25, 0.3) is 0 Å². The van der Waals surface area contributed by atoms with Gasteiger partial charge < -0.3 is 25.7 Å². The zero-order valence-corrected chi connectivity index (χ0v) is 10.0. The molecule has 1 rings (SSSR count). The Bertz CT molecular complexity index is 346. The molecule has 18 heavy (non-hydrogen) atoms. The number of carbonyl (C=O) groups excluding carboxylic acids is 2. The number of nitrogens with one attached hydrogen (secondary N) is 2. The van der Waals surface area contributed by atoms with Crippen molar-refractivity contribution < 1.29 is 24.6 Å². The lowest BCUT2D eigenvalue weighted by molar-refractivity contribution is -0.139. The fourth-order valence-corrected chi connectivity index (χ4v) is 1.68. The number of hydrogen-bond donors (Lipinski definition) is 4. The van der Waals surface area contributed by atoms with Crippen molar-refractivity contribution in [1.29, 1.82) is 0 Å². The molecule has 0 aliphatic carbocycles. The highest BCUT2D eigenvalue weighted by molar-refractivity contribution is 5.89. The van der Waals surface area contributed by atoms with E-state index in [0.717, 1.165) is 0 Å². The molecular formula is C10H17N3O5. The third-order valence-electron chi connectivity index (χ3n) is 2.77. The summed E-state index contributed by atoms with van der Waals surface area (Å²) in [5.74, 6) is -1.49. The summed E-state index contributed by atoms with van der Waals surface area (Å²) in [6, 6.07) is -2.40. The van der Waals surface area contributed by atoms with E-state index in [9.17, 15) is 14.4 Å². The van der Waals surface area contributed by atoms with Gasteiger partial charge in [0.2, 0.25) is 5.91 Å². The van der Waals surface area contributed by atoms with Crippen LogP contribution in [0.3, 0.4) is 0 Å². The normalized spacial score (nSPS) is 21.1. The van der Waals surface area contributed by atoms with Gasteiger partial charge in [-0.1, -0.05) is 0 Å². The predicted molar refractivity (Wildman–Crippen MR) is 60.8 cm³/mol. The first-order valence-corrected chi connectivity index (χ1v) is 5.66. The second kappa shape index (κ2) is 6.20. The molecule has 0 aromatic heterocycles. The van der Waals surface area contributed by atoms with Crippen molar-refractivity contribution in [3.8, 4) is 0 Å². The molecule has 2 atom stereocenters. The van der Waals surface area contributed by atoms with Crippen molar-refractivity contribution in [3.63, 3.8) is 0 Å². The summed E-state index contributed by atoms with van der Waals surface area (Å²) in [5.41, 5.74) is 0. The van der Waals surface area contributed by atoms with Crippen LogP contribution in [0, 0.1) is 0 Å². The zero-order chi connectivity index (χ0) is 13.7. The number of carbonyl (C=O) groups is 3. The third kappa shape index (κ3) is 3.33. The van der Waals surface area contributed by atoms with E-state index in [1.54, 1.807) is 6.92 Å². The number of amides is 3. The molecule has 8 nitrogen and oxygen atoms in total. The van der Waals surface area contributed by atoms with E-state index in [1.165, 1.54) is 4.90 Å². The van der Waals surface area contributed by atoms with Crippen molar-refractivity contribution in [2.24, 2.45) is 0 Å². The van der Waals surface area contributed by atoms with E-state index in [-0.39, 0.29) is 18.9 Å². The average molecular weight is 259 g/mol. The maximum Gasteiger partial charge on any atom is 0.326 e.